The van der Waals surface area contributed by atoms with Gasteiger partial charge in [0.2, 0.25) is 10.0 Å². The van der Waals surface area contributed by atoms with Crippen LogP contribution < -0.4 is 10.0 Å². The fourth-order valence-corrected chi connectivity index (χ4v) is 3.65. The van der Waals surface area contributed by atoms with Gasteiger partial charge in [-0.25, -0.2) is 13.1 Å². The smallest absolute Gasteiger partial charge is 0.289 e. The molecular weight excluding hydrogens is 294 g/mol. The van der Waals surface area contributed by atoms with Crippen molar-refractivity contribution >= 4 is 15.7 Å². The van der Waals surface area contributed by atoms with Crippen LogP contribution in [-0.2, 0) is 10.0 Å². The molecule has 114 valence electrons. The molecule has 0 radical (unpaired) electrons. The lowest BCUT2D eigenvalue weighted by molar-refractivity contribution is -0.387. The molecule has 1 aromatic rings. The van der Waals surface area contributed by atoms with Gasteiger partial charge in [0.25, 0.3) is 5.69 Å². The maximum absolute atomic E-state index is 12.4. The normalized spacial score (nSPS) is 15.6. The Morgan fingerprint density at radius 3 is 2.81 bits per heavy atom. The van der Waals surface area contributed by atoms with E-state index in [-0.39, 0.29) is 11.4 Å². The van der Waals surface area contributed by atoms with Crippen LogP contribution >= 0.6 is 0 Å². The monoisotopic (exact) mass is 311 g/mol. The van der Waals surface area contributed by atoms with E-state index in [0.717, 1.165) is 18.5 Å². The van der Waals surface area contributed by atoms with Crippen LogP contribution in [0.3, 0.4) is 0 Å². The van der Waals surface area contributed by atoms with Gasteiger partial charge in [-0.15, -0.1) is 0 Å². The Kier molecular flexibility index (Phi) is 4.71. The molecule has 1 aliphatic heterocycles. The van der Waals surface area contributed by atoms with Gasteiger partial charge in [0, 0.05) is 19.2 Å². The Bertz CT molecular complexity index is 683. The zero-order valence-corrected chi connectivity index (χ0v) is 12.4. The van der Waals surface area contributed by atoms with Gasteiger partial charge < -0.3 is 5.32 Å². The molecule has 8 heteroatoms. The van der Waals surface area contributed by atoms with E-state index in [0.29, 0.717) is 12.1 Å². The molecule has 0 aliphatic carbocycles. The van der Waals surface area contributed by atoms with Crippen LogP contribution in [0.4, 0.5) is 5.69 Å². The summed E-state index contributed by atoms with van der Waals surface area (Å²) in [6, 6.07) is 4.22. The number of sulfonamides is 1. The number of nitrogens with one attached hydrogen (secondary N) is 2. The number of hydrogen-bond donors (Lipinski definition) is 2. The molecule has 7 nitrogen and oxygen atoms in total. The lowest BCUT2D eigenvalue weighted by Gasteiger charge is -2.15. The lowest BCUT2D eigenvalue weighted by Crippen LogP contribution is -2.30. The van der Waals surface area contributed by atoms with Crippen molar-refractivity contribution in [1.82, 2.24) is 10.0 Å². The van der Waals surface area contributed by atoms with Gasteiger partial charge in [-0.1, -0.05) is 23.8 Å². The van der Waals surface area contributed by atoms with E-state index in [4.69, 9.17) is 0 Å². The number of nitrogens with zero attached hydrogens (tertiary/aromatic N) is 1. The first kappa shape index (κ1) is 15.6. The molecule has 0 bridgehead atoms. The van der Waals surface area contributed by atoms with Crippen molar-refractivity contribution in [3.8, 4) is 0 Å². The van der Waals surface area contributed by atoms with Crippen LogP contribution in [0.15, 0.2) is 34.7 Å². The molecule has 0 saturated heterocycles. The second-order valence-corrected chi connectivity index (χ2v) is 6.53. The molecule has 21 heavy (non-hydrogen) atoms. The highest BCUT2D eigenvalue weighted by molar-refractivity contribution is 7.89. The maximum atomic E-state index is 12.4. The second kappa shape index (κ2) is 6.33. The Labute approximate surface area is 123 Å². The van der Waals surface area contributed by atoms with E-state index in [2.05, 4.69) is 10.0 Å². The number of nitro benzene ring substituents is 1. The molecule has 0 aromatic heterocycles. The summed E-state index contributed by atoms with van der Waals surface area (Å²) >= 11 is 0. The SMILES string of the molecule is Cc1cccc([N+](=O)[O-])c1S(=O)(=O)NCC1=CCNCC1. The maximum Gasteiger partial charge on any atom is 0.289 e. The Morgan fingerprint density at radius 1 is 1.43 bits per heavy atom. The standard InChI is InChI=1S/C13H17N3O4S/c1-10-3-2-4-12(16(17)18)13(10)21(19,20)15-9-11-5-7-14-8-6-11/h2-5,14-15H,6-9H2,1H3. The first-order valence-corrected chi connectivity index (χ1v) is 8.02. The molecule has 0 atom stereocenters. The summed E-state index contributed by atoms with van der Waals surface area (Å²) in [6.07, 6.45) is 2.69. The molecule has 0 saturated carbocycles. The van der Waals surface area contributed by atoms with Crippen LogP contribution in [0.1, 0.15) is 12.0 Å². The molecule has 0 unspecified atom stereocenters. The molecule has 2 rings (SSSR count). The number of aryl methyl sites for hydroxylation is 1. The van der Waals surface area contributed by atoms with Crippen LogP contribution in [0.25, 0.3) is 0 Å². The molecular formula is C13H17N3O4S. The predicted molar refractivity (Wildman–Crippen MR) is 78.6 cm³/mol. The second-order valence-electron chi connectivity index (χ2n) is 4.82. The van der Waals surface area contributed by atoms with Gasteiger partial charge in [0.05, 0.1) is 4.92 Å². The minimum absolute atomic E-state index is 0.176. The van der Waals surface area contributed by atoms with E-state index < -0.39 is 20.6 Å². The number of hydrogen-bond acceptors (Lipinski definition) is 5. The highest BCUT2D eigenvalue weighted by Crippen LogP contribution is 2.26. The van der Waals surface area contributed by atoms with Crippen molar-refractivity contribution in [3.05, 3.63) is 45.5 Å². The third-order valence-corrected chi connectivity index (χ3v) is 4.90. The fourth-order valence-electron chi connectivity index (χ4n) is 2.22. The third kappa shape index (κ3) is 3.66. The summed E-state index contributed by atoms with van der Waals surface area (Å²) in [7, 11) is -3.92. The van der Waals surface area contributed by atoms with Crippen LogP contribution in [0.2, 0.25) is 0 Å². The van der Waals surface area contributed by atoms with Crippen molar-refractivity contribution in [2.75, 3.05) is 19.6 Å². The van der Waals surface area contributed by atoms with Crippen molar-refractivity contribution in [2.24, 2.45) is 0 Å². The molecule has 1 heterocycles. The van der Waals surface area contributed by atoms with E-state index in [1.54, 1.807) is 13.0 Å². The highest BCUT2D eigenvalue weighted by atomic mass is 32.2. The average Bonchev–Trinajstić information content (AvgIpc) is 2.46. The summed E-state index contributed by atoms with van der Waals surface area (Å²) in [6.45, 7) is 3.24. The Balaban J connectivity index is 2.27. The summed E-state index contributed by atoms with van der Waals surface area (Å²) < 4.78 is 27.2. The van der Waals surface area contributed by atoms with E-state index in [9.17, 15) is 18.5 Å². The number of nitro groups is 1. The summed E-state index contributed by atoms with van der Waals surface area (Å²) in [5.41, 5.74) is 0.936. The molecule has 0 amide bonds. The van der Waals surface area contributed by atoms with Gasteiger partial charge in [-0.2, -0.15) is 0 Å². The quantitative estimate of drug-likeness (QED) is 0.482. The average molecular weight is 311 g/mol. The van der Waals surface area contributed by atoms with Crippen molar-refractivity contribution in [3.63, 3.8) is 0 Å². The number of benzene rings is 1. The topological polar surface area (TPSA) is 101 Å². The molecule has 2 N–H and O–H groups in total. The van der Waals surface area contributed by atoms with Gasteiger partial charge >= 0.3 is 0 Å². The van der Waals surface area contributed by atoms with Crippen molar-refractivity contribution in [2.45, 2.75) is 18.2 Å². The number of rotatable bonds is 5. The summed E-state index contributed by atoms with van der Waals surface area (Å²) in [5.74, 6) is 0. The zero-order valence-electron chi connectivity index (χ0n) is 11.6. The largest absolute Gasteiger partial charge is 0.313 e. The molecule has 1 aliphatic rings. The Morgan fingerprint density at radius 2 is 2.19 bits per heavy atom. The Hall–Kier alpha value is -1.77. The van der Waals surface area contributed by atoms with Gasteiger partial charge in [-0.3, -0.25) is 10.1 Å². The van der Waals surface area contributed by atoms with Crippen LogP contribution in [0.5, 0.6) is 0 Å². The minimum atomic E-state index is -3.92. The van der Waals surface area contributed by atoms with Gasteiger partial charge in [0.15, 0.2) is 4.90 Å². The first-order chi connectivity index (χ1) is 9.92. The van der Waals surface area contributed by atoms with E-state index in [1.165, 1.54) is 12.1 Å². The zero-order chi connectivity index (χ0) is 15.5. The third-order valence-electron chi connectivity index (χ3n) is 3.30. The molecule has 0 fully saturated rings. The van der Waals surface area contributed by atoms with Crippen LogP contribution in [0, 0.1) is 17.0 Å². The summed E-state index contributed by atoms with van der Waals surface area (Å²) in [4.78, 5) is 10.1. The van der Waals surface area contributed by atoms with Gasteiger partial charge in [-0.05, 0) is 25.5 Å². The molecule has 0 spiro atoms. The minimum Gasteiger partial charge on any atom is -0.313 e. The first-order valence-electron chi connectivity index (χ1n) is 6.54. The summed E-state index contributed by atoms with van der Waals surface area (Å²) in [5, 5.41) is 14.2. The van der Waals surface area contributed by atoms with Gasteiger partial charge in [0.1, 0.15) is 0 Å². The fraction of sp³-hybridized carbons (Fsp3) is 0.385. The van der Waals surface area contributed by atoms with Crippen molar-refractivity contribution < 1.29 is 13.3 Å². The lowest BCUT2D eigenvalue weighted by atomic mass is 10.1. The highest BCUT2D eigenvalue weighted by Gasteiger charge is 2.27. The van der Waals surface area contributed by atoms with E-state index >= 15 is 0 Å². The predicted octanol–water partition coefficient (Wildman–Crippen LogP) is 1.10. The molecule has 1 aromatic carbocycles. The van der Waals surface area contributed by atoms with Crippen molar-refractivity contribution in [1.29, 1.82) is 0 Å². The van der Waals surface area contributed by atoms with Crippen LogP contribution in [-0.4, -0.2) is 33.0 Å². The van der Waals surface area contributed by atoms with E-state index in [1.807, 2.05) is 6.08 Å².